The minimum Gasteiger partial charge on any atom is -0.373 e. The molecule has 0 bridgehead atoms. The van der Waals surface area contributed by atoms with E-state index in [2.05, 4.69) is 20.4 Å². The first-order valence-electron chi connectivity index (χ1n) is 3.51. The molecule has 1 heterocycles. The number of rotatable bonds is 1. The van der Waals surface area contributed by atoms with Crippen LogP contribution in [-0.2, 0) is 4.74 Å². The van der Waals surface area contributed by atoms with E-state index in [-0.39, 0.29) is 0 Å². The third-order valence-electron chi connectivity index (χ3n) is 1.73. The Labute approximate surface area is 56.7 Å². The fraction of sp³-hybridized carbons (Fsp3) is 0.750. The largest absolute Gasteiger partial charge is 0.373 e. The maximum absolute atomic E-state index is 5.43. The average Bonchev–Trinajstić information content (AvgIpc) is 2.13. The number of hydrogen-bond acceptors (Lipinski definition) is 1. The Bertz CT molecular complexity index is 116. The van der Waals surface area contributed by atoms with E-state index in [4.69, 9.17) is 4.74 Å². The van der Waals surface area contributed by atoms with Gasteiger partial charge in [0.05, 0.1) is 12.7 Å². The lowest BCUT2D eigenvalue weighted by Gasteiger charge is -2.13. The van der Waals surface area contributed by atoms with Crippen molar-refractivity contribution in [2.24, 2.45) is 5.92 Å². The van der Waals surface area contributed by atoms with E-state index in [1.807, 2.05) is 0 Å². The van der Waals surface area contributed by atoms with Crippen molar-refractivity contribution in [1.82, 2.24) is 0 Å². The molecule has 0 radical (unpaired) electrons. The first-order valence-corrected chi connectivity index (χ1v) is 3.51. The van der Waals surface area contributed by atoms with Gasteiger partial charge < -0.3 is 4.74 Å². The van der Waals surface area contributed by atoms with Crippen molar-refractivity contribution < 1.29 is 4.74 Å². The molecule has 0 aromatic heterocycles. The maximum atomic E-state index is 5.43. The molecule has 1 rings (SSSR count). The second-order valence-corrected chi connectivity index (χ2v) is 2.94. The third kappa shape index (κ3) is 1.33. The Morgan fingerprint density at radius 3 is 2.56 bits per heavy atom. The van der Waals surface area contributed by atoms with E-state index in [1.54, 1.807) is 0 Å². The third-order valence-corrected chi connectivity index (χ3v) is 1.73. The minimum absolute atomic E-state index is 0.338. The second-order valence-electron chi connectivity index (χ2n) is 2.94. The predicted molar refractivity (Wildman–Crippen MR) is 38.3 cm³/mol. The van der Waals surface area contributed by atoms with Crippen molar-refractivity contribution in [1.29, 1.82) is 0 Å². The highest BCUT2D eigenvalue weighted by Crippen LogP contribution is 2.23. The van der Waals surface area contributed by atoms with E-state index in [0.29, 0.717) is 12.0 Å². The zero-order valence-electron chi connectivity index (χ0n) is 6.18. The highest BCUT2D eigenvalue weighted by molar-refractivity contribution is 5.07. The normalized spacial score (nSPS) is 27.9. The molecule has 0 aromatic rings. The smallest absolute Gasteiger partial charge is 0.0806 e. The topological polar surface area (TPSA) is 9.23 Å². The van der Waals surface area contributed by atoms with Gasteiger partial charge in [0.25, 0.3) is 0 Å². The molecule has 1 atom stereocenters. The van der Waals surface area contributed by atoms with Crippen LogP contribution in [0, 0.1) is 5.92 Å². The summed E-state index contributed by atoms with van der Waals surface area (Å²) in [4.78, 5) is 0. The Kier molecular flexibility index (Phi) is 1.91. The Hall–Kier alpha value is -0.300. The van der Waals surface area contributed by atoms with E-state index >= 15 is 0 Å². The second kappa shape index (κ2) is 2.53. The van der Waals surface area contributed by atoms with Gasteiger partial charge in [-0.15, -0.1) is 0 Å². The summed E-state index contributed by atoms with van der Waals surface area (Å²) < 4.78 is 5.43. The molecule has 1 aliphatic heterocycles. The minimum atomic E-state index is 0.338. The molecule has 0 spiro atoms. The molecule has 0 aliphatic carbocycles. The fourth-order valence-corrected chi connectivity index (χ4v) is 1.24. The molecular weight excluding hydrogens is 112 g/mol. The molecule has 1 unspecified atom stereocenters. The van der Waals surface area contributed by atoms with Crippen molar-refractivity contribution in [2.75, 3.05) is 6.61 Å². The standard InChI is InChI=1S/C8H14O/c1-6(2)8-7(3)4-5-9-8/h6,8H,3-5H2,1-2H3. The van der Waals surface area contributed by atoms with Gasteiger partial charge in [0.1, 0.15) is 0 Å². The lowest BCUT2D eigenvalue weighted by molar-refractivity contribution is 0.0909. The van der Waals surface area contributed by atoms with Crippen LogP contribution in [0.1, 0.15) is 20.3 Å². The van der Waals surface area contributed by atoms with Gasteiger partial charge in [-0.25, -0.2) is 0 Å². The van der Waals surface area contributed by atoms with Crippen molar-refractivity contribution in [3.8, 4) is 0 Å². The average molecular weight is 126 g/mol. The van der Waals surface area contributed by atoms with Gasteiger partial charge in [-0.2, -0.15) is 0 Å². The van der Waals surface area contributed by atoms with Gasteiger partial charge in [-0.05, 0) is 17.9 Å². The summed E-state index contributed by atoms with van der Waals surface area (Å²) in [5.74, 6) is 0.597. The van der Waals surface area contributed by atoms with Gasteiger partial charge in [0.15, 0.2) is 0 Å². The van der Waals surface area contributed by atoms with Gasteiger partial charge in [-0.3, -0.25) is 0 Å². The van der Waals surface area contributed by atoms with Crippen LogP contribution in [0.2, 0.25) is 0 Å². The summed E-state index contributed by atoms with van der Waals surface area (Å²) in [7, 11) is 0. The van der Waals surface area contributed by atoms with Crippen LogP contribution in [-0.4, -0.2) is 12.7 Å². The van der Waals surface area contributed by atoms with E-state index < -0.39 is 0 Å². The van der Waals surface area contributed by atoms with Gasteiger partial charge in [0, 0.05) is 0 Å². The first kappa shape index (κ1) is 6.81. The number of hydrogen-bond donors (Lipinski definition) is 0. The summed E-state index contributed by atoms with van der Waals surface area (Å²) in [5, 5.41) is 0. The molecule has 1 heteroatoms. The molecule has 1 aliphatic rings. The van der Waals surface area contributed by atoms with Crippen molar-refractivity contribution >= 4 is 0 Å². The van der Waals surface area contributed by atoms with Crippen molar-refractivity contribution in [2.45, 2.75) is 26.4 Å². The molecule has 9 heavy (non-hydrogen) atoms. The fourth-order valence-electron chi connectivity index (χ4n) is 1.24. The summed E-state index contributed by atoms with van der Waals surface area (Å²) in [6.07, 6.45) is 1.40. The maximum Gasteiger partial charge on any atom is 0.0806 e. The van der Waals surface area contributed by atoms with E-state index in [9.17, 15) is 0 Å². The van der Waals surface area contributed by atoms with Crippen LogP contribution >= 0.6 is 0 Å². The van der Waals surface area contributed by atoms with Crippen LogP contribution in [0.25, 0.3) is 0 Å². The predicted octanol–water partition coefficient (Wildman–Crippen LogP) is 1.99. The molecule has 0 amide bonds. The zero-order chi connectivity index (χ0) is 6.85. The Morgan fingerprint density at radius 2 is 2.33 bits per heavy atom. The quantitative estimate of drug-likeness (QED) is 0.488. The SMILES string of the molecule is C=C1CCOC1C(C)C. The number of ether oxygens (including phenoxy) is 1. The molecule has 1 nitrogen and oxygen atoms in total. The first-order chi connectivity index (χ1) is 4.22. The van der Waals surface area contributed by atoms with E-state index in [0.717, 1.165) is 13.0 Å². The lowest BCUT2D eigenvalue weighted by atomic mass is 10.0. The molecule has 0 aromatic carbocycles. The molecule has 1 fully saturated rings. The Balaban J connectivity index is 2.49. The highest BCUT2D eigenvalue weighted by atomic mass is 16.5. The van der Waals surface area contributed by atoms with Crippen LogP contribution in [0.4, 0.5) is 0 Å². The summed E-state index contributed by atoms with van der Waals surface area (Å²) in [6.45, 7) is 9.14. The molecule has 1 saturated heterocycles. The lowest BCUT2D eigenvalue weighted by Crippen LogP contribution is -2.14. The van der Waals surface area contributed by atoms with Crippen LogP contribution in [0.3, 0.4) is 0 Å². The molecule has 0 N–H and O–H groups in total. The molecule has 0 saturated carbocycles. The summed E-state index contributed by atoms with van der Waals surface area (Å²) >= 11 is 0. The highest BCUT2D eigenvalue weighted by Gasteiger charge is 2.22. The van der Waals surface area contributed by atoms with Gasteiger partial charge >= 0.3 is 0 Å². The summed E-state index contributed by atoms with van der Waals surface area (Å²) in [5.41, 5.74) is 1.27. The van der Waals surface area contributed by atoms with Crippen LogP contribution in [0.15, 0.2) is 12.2 Å². The van der Waals surface area contributed by atoms with Crippen LogP contribution < -0.4 is 0 Å². The van der Waals surface area contributed by atoms with Crippen LogP contribution in [0.5, 0.6) is 0 Å². The van der Waals surface area contributed by atoms with Crippen molar-refractivity contribution in [3.05, 3.63) is 12.2 Å². The molecular formula is C8H14O. The summed E-state index contributed by atoms with van der Waals surface area (Å²) in [6, 6.07) is 0. The monoisotopic (exact) mass is 126 g/mol. The zero-order valence-corrected chi connectivity index (χ0v) is 6.18. The molecule has 52 valence electrons. The van der Waals surface area contributed by atoms with Gasteiger partial charge in [-0.1, -0.05) is 20.4 Å². The Morgan fingerprint density at radius 1 is 1.67 bits per heavy atom. The van der Waals surface area contributed by atoms with Crippen molar-refractivity contribution in [3.63, 3.8) is 0 Å². The van der Waals surface area contributed by atoms with E-state index in [1.165, 1.54) is 5.57 Å². The van der Waals surface area contributed by atoms with Gasteiger partial charge in [0.2, 0.25) is 0 Å².